The predicted octanol–water partition coefficient (Wildman–Crippen LogP) is 12.1. The van der Waals surface area contributed by atoms with E-state index in [0.29, 0.717) is 5.56 Å². The first-order chi connectivity index (χ1) is 25.4. The molecule has 3 nitrogen and oxygen atoms in total. The van der Waals surface area contributed by atoms with Gasteiger partial charge in [0.25, 0.3) is 0 Å². The maximum absolute atomic E-state index is 12.2. The Morgan fingerprint density at radius 1 is 0.769 bits per heavy atom. The van der Waals surface area contributed by atoms with Crippen molar-refractivity contribution in [1.29, 1.82) is 0 Å². The molecule has 6 rings (SSSR count). The van der Waals surface area contributed by atoms with E-state index in [-0.39, 0.29) is 18.3 Å². The zero-order valence-corrected chi connectivity index (χ0v) is 29.9. The third-order valence-corrected chi connectivity index (χ3v) is 9.86. The molecular formula is C49H45NO2. The van der Waals surface area contributed by atoms with Crippen LogP contribution in [-0.2, 0) is 5.41 Å². The van der Waals surface area contributed by atoms with Crippen LogP contribution in [0.4, 0.5) is 0 Å². The Bertz CT molecular complexity index is 2350. The maximum Gasteiger partial charge on any atom is 0.120 e. The molecule has 52 heavy (non-hydrogen) atoms. The lowest BCUT2D eigenvalue weighted by molar-refractivity contribution is 0.342. The van der Waals surface area contributed by atoms with Gasteiger partial charge in [-0.05, 0) is 77.1 Å². The first-order valence-corrected chi connectivity index (χ1v) is 17.7. The van der Waals surface area contributed by atoms with Gasteiger partial charge in [-0.1, -0.05) is 166 Å². The number of hydrogen-bond donors (Lipinski definition) is 2. The van der Waals surface area contributed by atoms with Crippen LogP contribution in [0.1, 0.15) is 25.0 Å². The summed E-state index contributed by atoms with van der Waals surface area (Å²) in [5.74, 6) is -0.0435. The third-order valence-electron chi connectivity index (χ3n) is 9.86. The van der Waals surface area contributed by atoms with Gasteiger partial charge in [0.2, 0.25) is 0 Å². The predicted molar refractivity (Wildman–Crippen MR) is 222 cm³/mol. The maximum atomic E-state index is 12.2. The van der Waals surface area contributed by atoms with Gasteiger partial charge in [0.1, 0.15) is 5.75 Å². The van der Waals surface area contributed by atoms with Crippen molar-refractivity contribution >= 4 is 27.4 Å². The van der Waals surface area contributed by atoms with Gasteiger partial charge in [0.05, 0.1) is 17.6 Å². The Labute approximate surface area is 307 Å². The summed E-state index contributed by atoms with van der Waals surface area (Å²) in [6.07, 6.45) is 19.4. The Hall–Kier alpha value is -6.16. The molecular weight excluding hydrogens is 635 g/mol. The van der Waals surface area contributed by atoms with Crippen LogP contribution in [0.2, 0.25) is 0 Å². The SMILES string of the molecule is C=C/C=C\C=C/C(C(=C)/C=C\CO)(c1ccc(-c2ccc3c(c2)c2ccccc2n3-c2ccccc2)cc1O)C(C)/C(=C\C=C/C)c1ccccc1. The van der Waals surface area contributed by atoms with Gasteiger partial charge in [0, 0.05) is 27.4 Å². The average molecular weight is 680 g/mol. The number of para-hydroxylation sites is 2. The highest BCUT2D eigenvalue weighted by Gasteiger charge is 2.41. The lowest BCUT2D eigenvalue weighted by Crippen LogP contribution is -2.34. The minimum atomic E-state index is -0.907. The van der Waals surface area contributed by atoms with Crippen LogP contribution in [0.15, 0.2) is 201 Å². The molecule has 5 aromatic carbocycles. The third kappa shape index (κ3) is 6.92. The van der Waals surface area contributed by atoms with Crippen LogP contribution in [0.5, 0.6) is 5.75 Å². The fourth-order valence-electron chi connectivity index (χ4n) is 7.34. The molecule has 1 heterocycles. The van der Waals surface area contributed by atoms with Crippen molar-refractivity contribution < 1.29 is 10.2 Å². The largest absolute Gasteiger partial charge is 0.508 e. The summed E-state index contributed by atoms with van der Waals surface area (Å²) >= 11 is 0. The number of aliphatic hydroxyl groups is 1. The standard InChI is InChI=1S/C49H45NO2/c1-5-7-9-18-32-49(36(3)20-19-33-51,37(4)42(25-8-6-2)38-21-12-10-13-22-38)45-30-28-40(35-48(45)52)39-29-31-47-44(34-39)43-26-16-17-27-46(43)50(47)41-23-14-11-15-24-41/h5-32,34-35,37,51-52H,1,3,33H2,2,4H3/b8-6-,9-7-,20-19-,32-18-,42-25+. The smallest absolute Gasteiger partial charge is 0.120 e. The highest BCUT2D eigenvalue weighted by molar-refractivity contribution is 6.10. The molecule has 0 radical (unpaired) electrons. The van der Waals surface area contributed by atoms with Crippen molar-refractivity contribution in [3.05, 3.63) is 212 Å². The minimum Gasteiger partial charge on any atom is -0.508 e. The number of aromatic nitrogens is 1. The summed E-state index contributed by atoms with van der Waals surface area (Å²) in [4.78, 5) is 0. The van der Waals surface area contributed by atoms with E-state index in [9.17, 15) is 10.2 Å². The van der Waals surface area contributed by atoms with Gasteiger partial charge >= 0.3 is 0 Å². The zero-order chi connectivity index (χ0) is 36.5. The normalized spacial score (nSPS) is 14.2. The monoisotopic (exact) mass is 679 g/mol. The van der Waals surface area contributed by atoms with Crippen molar-refractivity contribution in [3.63, 3.8) is 0 Å². The lowest BCUT2D eigenvalue weighted by Gasteiger charge is -2.40. The zero-order valence-electron chi connectivity index (χ0n) is 29.9. The van der Waals surface area contributed by atoms with Gasteiger partial charge in [0.15, 0.2) is 0 Å². The quantitative estimate of drug-likeness (QED) is 0.119. The van der Waals surface area contributed by atoms with Crippen LogP contribution >= 0.6 is 0 Å². The Kier molecular flexibility index (Phi) is 11.1. The first-order valence-electron chi connectivity index (χ1n) is 17.7. The fourth-order valence-corrected chi connectivity index (χ4v) is 7.34. The van der Waals surface area contributed by atoms with E-state index in [4.69, 9.17) is 0 Å². The summed E-state index contributed by atoms with van der Waals surface area (Å²) in [5, 5.41) is 24.3. The minimum absolute atomic E-state index is 0.127. The molecule has 1 aromatic heterocycles. The summed E-state index contributed by atoms with van der Waals surface area (Å²) < 4.78 is 2.30. The summed E-state index contributed by atoms with van der Waals surface area (Å²) in [7, 11) is 0. The van der Waals surface area contributed by atoms with Crippen LogP contribution < -0.4 is 0 Å². The highest BCUT2D eigenvalue weighted by Crippen LogP contribution is 2.50. The molecule has 0 bridgehead atoms. The van der Waals surface area contributed by atoms with Crippen molar-refractivity contribution in [1.82, 2.24) is 4.57 Å². The number of benzene rings is 5. The topological polar surface area (TPSA) is 45.4 Å². The van der Waals surface area contributed by atoms with E-state index in [0.717, 1.165) is 49.9 Å². The van der Waals surface area contributed by atoms with E-state index in [1.165, 1.54) is 5.39 Å². The summed E-state index contributed by atoms with van der Waals surface area (Å²) in [5.41, 5.74) is 7.98. The van der Waals surface area contributed by atoms with Crippen LogP contribution in [0.3, 0.4) is 0 Å². The lowest BCUT2D eigenvalue weighted by atomic mass is 9.62. The molecule has 3 heteroatoms. The second kappa shape index (κ2) is 16.2. The van der Waals surface area contributed by atoms with E-state index in [2.05, 4.69) is 122 Å². The van der Waals surface area contributed by atoms with Gasteiger partial charge < -0.3 is 14.8 Å². The van der Waals surface area contributed by atoms with Crippen molar-refractivity contribution in [3.8, 4) is 22.6 Å². The number of rotatable bonds is 13. The number of hydrogen-bond acceptors (Lipinski definition) is 2. The van der Waals surface area contributed by atoms with Gasteiger partial charge in [-0.3, -0.25) is 0 Å². The fraction of sp³-hybridized carbons (Fsp3) is 0.102. The Morgan fingerprint density at radius 2 is 1.44 bits per heavy atom. The van der Waals surface area contributed by atoms with E-state index in [1.54, 1.807) is 12.2 Å². The van der Waals surface area contributed by atoms with Crippen LogP contribution in [0.25, 0.3) is 44.2 Å². The van der Waals surface area contributed by atoms with Crippen molar-refractivity contribution in [2.24, 2.45) is 5.92 Å². The van der Waals surface area contributed by atoms with E-state index in [1.807, 2.05) is 79.8 Å². The first kappa shape index (κ1) is 35.7. The Balaban J connectivity index is 1.54. The number of aliphatic hydroxyl groups excluding tert-OH is 1. The van der Waals surface area contributed by atoms with Gasteiger partial charge in [-0.15, -0.1) is 0 Å². The molecule has 2 unspecified atom stereocenters. The molecule has 0 saturated carbocycles. The molecule has 6 aromatic rings. The number of phenols is 1. The molecule has 2 atom stereocenters. The van der Waals surface area contributed by atoms with Crippen LogP contribution in [0, 0.1) is 5.92 Å². The second-order valence-corrected chi connectivity index (χ2v) is 12.8. The summed E-state index contributed by atoms with van der Waals surface area (Å²) in [6.45, 7) is 12.5. The molecule has 258 valence electrons. The van der Waals surface area contributed by atoms with Crippen LogP contribution in [-0.4, -0.2) is 21.4 Å². The summed E-state index contributed by atoms with van der Waals surface area (Å²) in [6, 6.07) is 41.7. The second-order valence-electron chi connectivity index (χ2n) is 12.8. The Morgan fingerprint density at radius 3 is 2.15 bits per heavy atom. The molecule has 0 fully saturated rings. The molecule has 0 aliphatic heterocycles. The van der Waals surface area contributed by atoms with Gasteiger partial charge in [-0.25, -0.2) is 0 Å². The number of phenolic OH excluding ortho intramolecular Hbond substituents is 1. The van der Waals surface area contributed by atoms with Gasteiger partial charge in [-0.2, -0.15) is 0 Å². The molecule has 0 saturated heterocycles. The average Bonchev–Trinajstić information content (AvgIpc) is 3.52. The molecule has 0 aliphatic carbocycles. The molecule has 2 N–H and O–H groups in total. The highest BCUT2D eigenvalue weighted by atomic mass is 16.3. The molecule has 0 spiro atoms. The number of aromatic hydroxyl groups is 1. The number of nitrogens with zero attached hydrogens (tertiary/aromatic N) is 1. The molecule has 0 amide bonds. The number of allylic oxidation sites excluding steroid dienone is 11. The number of fused-ring (bicyclic) bond motifs is 3. The van der Waals surface area contributed by atoms with E-state index >= 15 is 0 Å². The van der Waals surface area contributed by atoms with Crippen molar-refractivity contribution in [2.45, 2.75) is 19.3 Å². The molecule has 0 aliphatic rings. The van der Waals surface area contributed by atoms with Crippen molar-refractivity contribution in [2.75, 3.05) is 6.61 Å². The van der Waals surface area contributed by atoms with E-state index < -0.39 is 5.41 Å².